The van der Waals surface area contributed by atoms with Gasteiger partial charge in [0, 0.05) is 10.9 Å². The summed E-state index contributed by atoms with van der Waals surface area (Å²) in [6, 6.07) is 12.8. The highest BCUT2D eigenvalue weighted by atomic mass is 32.1. The van der Waals surface area contributed by atoms with Gasteiger partial charge in [0.25, 0.3) is 5.91 Å². The van der Waals surface area contributed by atoms with Crippen LogP contribution in [0.2, 0.25) is 0 Å². The van der Waals surface area contributed by atoms with Gasteiger partial charge >= 0.3 is 12.4 Å². The summed E-state index contributed by atoms with van der Waals surface area (Å²) in [5.74, 6) is -0.667. The Morgan fingerprint density at radius 2 is 1.58 bits per heavy atom. The van der Waals surface area contributed by atoms with Crippen molar-refractivity contribution in [1.82, 2.24) is 10.3 Å². The van der Waals surface area contributed by atoms with E-state index in [0.29, 0.717) is 0 Å². The first-order chi connectivity index (χ1) is 15.5. The van der Waals surface area contributed by atoms with Gasteiger partial charge in [0.05, 0.1) is 27.7 Å². The first-order valence-corrected chi connectivity index (χ1v) is 10.3. The molecule has 0 saturated heterocycles. The van der Waals surface area contributed by atoms with Gasteiger partial charge in [0.2, 0.25) is 0 Å². The fourth-order valence-corrected chi connectivity index (χ4v) is 4.32. The summed E-state index contributed by atoms with van der Waals surface area (Å²) in [4.78, 5) is 17.0. The van der Waals surface area contributed by atoms with Crippen LogP contribution in [0, 0.1) is 0 Å². The van der Waals surface area contributed by atoms with Gasteiger partial charge < -0.3 is 5.32 Å². The lowest BCUT2D eigenvalue weighted by molar-refractivity contribution is -0.139. The molecule has 1 atom stereocenters. The maximum Gasteiger partial charge on any atom is 0.418 e. The Morgan fingerprint density at radius 1 is 0.879 bits per heavy atom. The number of rotatable bonds is 4. The average molecular weight is 480 g/mol. The van der Waals surface area contributed by atoms with Gasteiger partial charge in [-0.1, -0.05) is 30.3 Å². The Labute approximate surface area is 187 Å². The average Bonchev–Trinajstić information content (AvgIpc) is 3.21. The number of aromatic nitrogens is 1. The Morgan fingerprint density at radius 3 is 2.21 bits per heavy atom. The predicted molar refractivity (Wildman–Crippen MR) is 112 cm³/mol. The standard InChI is InChI=1S/C23H14F6N2OS/c24-22(25,26)15-9-7-13(8-10-15)19(20-16(23(27,28)29)5-3-11-30-20)31-21(32)18-12-14-4-1-2-6-17(14)33-18/h1-12,19H,(H,31,32)/t19-/m0/s1. The predicted octanol–water partition coefficient (Wildman–Crippen LogP) is 6.85. The van der Waals surface area contributed by atoms with Crippen molar-refractivity contribution < 1.29 is 31.1 Å². The molecule has 0 unspecified atom stereocenters. The van der Waals surface area contributed by atoms with Crippen LogP contribution in [0.1, 0.15) is 38.1 Å². The van der Waals surface area contributed by atoms with Crippen molar-refractivity contribution in [3.63, 3.8) is 0 Å². The van der Waals surface area contributed by atoms with Gasteiger partial charge in [-0.2, -0.15) is 26.3 Å². The minimum absolute atomic E-state index is 0.0293. The van der Waals surface area contributed by atoms with Crippen molar-refractivity contribution in [3.05, 3.63) is 100 Å². The highest BCUT2D eigenvalue weighted by molar-refractivity contribution is 7.20. The normalized spacial score (nSPS) is 13.2. The molecule has 0 radical (unpaired) electrons. The number of carbonyl (C=O) groups excluding carboxylic acids is 1. The molecule has 1 N–H and O–H groups in total. The Balaban J connectivity index is 1.77. The zero-order chi connectivity index (χ0) is 23.8. The summed E-state index contributed by atoms with van der Waals surface area (Å²) in [5.41, 5.74) is -2.54. The van der Waals surface area contributed by atoms with Gasteiger partial charge in [-0.3, -0.25) is 9.78 Å². The molecule has 0 aliphatic rings. The fourth-order valence-electron chi connectivity index (χ4n) is 3.36. The third-order valence-electron chi connectivity index (χ3n) is 4.91. The van der Waals surface area contributed by atoms with E-state index >= 15 is 0 Å². The molecule has 170 valence electrons. The number of fused-ring (bicyclic) bond motifs is 1. The second-order valence-corrected chi connectivity index (χ2v) is 8.19. The lowest BCUT2D eigenvalue weighted by Crippen LogP contribution is -2.31. The first kappa shape index (κ1) is 22.8. The molecule has 2 aromatic carbocycles. The van der Waals surface area contributed by atoms with Gasteiger partial charge in [0.1, 0.15) is 0 Å². The molecule has 0 fully saturated rings. The van der Waals surface area contributed by atoms with Crippen molar-refractivity contribution in [2.24, 2.45) is 0 Å². The van der Waals surface area contributed by atoms with E-state index in [0.717, 1.165) is 64.0 Å². The zero-order valence-corrected chi connectivity index (χ0v) is 17.4. The molecular weight excluding hydrogens is 466 g/mol. The highest BCUT2D eigenvalue weighted by Gasteiger charge is 2.37. The molecule has 4 rings (SSSR count). The van der Waals surface area contributed by atoms with E-state index in [4.69, 9.17) is 0 Å². The Bertz CT molecular complexity index is 1260. The number of hydrogen-bond donors (Lipinski definition) is 1. The van der Waals surface area contributed by atoms with Crippen LogP contribution < -0.4 is 5.32 Å². The van der Waals surface area contributed by atoms with Crippen molar-refractivity contribution in [3.8, 4) is 0 Å². The lowest BCUT2D eigenvalue weighted by Gasteiger charge is -2.22. The van der Waals surface area contributed by atoms with Crippen LogP contribution in [0.4, 0.5) is 26.3 Å². The lowest BCUT2D eigenvalue weighted by atomic mass is 9.97. The minimum atomic E-state index is -4.78. The second kappa shape index (κ2) is 8.51. The van der Waals surface area contributed by atoms with Crippen LogP contribution in [-0.4, -0.2) is 10.9 Å². The van der Waals surface area contributed by atoms with Crippen LogP contribution in [0.5, 0.6) is 0 Å². The largest absolute Gasteiger partial charge is 0.418 e. The molecule has 33 heavy (non-hydrogen) atoms. The third-order valence-corrected chi connectivity index (χ3v) is 6.03. The fraction of sp³-hybridized carbons (Fsp3) is 0.130. The van der Waals surface area contributed by atoms with Crippen LogP contribution in [0.15, 0.2) is 72.9 Å². The number of thiophene rings is 1. The molecule has 2 heterocycles. The molecule has 1 amide bonds. The van der Waals surface area contributed by atoms with Crippen molar-refractivity contribution in [1.29, 1.82) is 0 Å². The van der Waals surface area contributed by atoms with Crippen LogP contribution >= 0.6 is 11.3 Å². The molecule has 4 aromatic rings. The number of alkyl halides is 6. The maximum absolute atomic E-state index is 13.6. The van der Waals surface area contributed by atoms with Gasteiger partial charge in [-0.15, -0.1) is 11.3 Å². The Kier molecular flexibility index (Phi) is 5.87. The zero-order valence-electron chi connectivity index (χ0n) is 16.5. The quantitative estimate of drug-likeness (QED) is 0.325. The topological polar surface area (TPSA) is 42.0 Å². The molecule has 0 aliphatic carbocycles. The number of pyridine rings is 1. The van der Waals surface area contributed by atoms with Crippen molar-refractivity contribution in [2.75, 3.05) is 0 Å². The van der Waals surface area contributed by atoms with E-state index in [2.05, 4.69) is 10.3 Å². The number of carbonyl (C=O) groups is 1. The van der Waals surface area contributed by atoms with Crippen LogP contribution in [-0.2, 0) is 12.4 Å². The van der Waals surface area contributed by atoms with Crippen molar-refractivity contribution in [2.45, 2.75) is 18.4 Å². The molecule has 2 aromatic heterocycles. The number of halogens is 6. The van der Waals surface area contributed by atoms with E-state index in [9.17, 15) is 31.1 Å². The molecule has 10 heteroatoms. The summed E-state index contributed by atoms with van der Waals surface area (Å²) in [5, 5.41) is 3.31. The first-order valence-electron chi connectivity index (χ1n) is 9.53. The van der Waals surface area contributed by atoms with E-state index in [-0.39, 0.29) is 10.4 Å². The summed E-state index contributed by atoms with van der Waals surface area (Å²) >= 11 is 1.15. The van der Waals surface area contributed by atoms with Gasteiger partial charge in [0.15, 0.2) is 0 Å². The van der Waals surface area contributed by atoms with Crippen molar-refractivity contribution >= 4 is 27.3 Å². The molecule has 0 bridgehead atoms. The molecule has 0 aliphatic heterocycles. The maximum atomic E-state index is 13.6. The number of nitrogens with zero attached hydrogens (tertiary/aromatic N) is 1. The molecule has 0 saturated carbocycles. The van der Waals surface area contributed by atoms with E-state index in [1.165, 1.54) is 0 Å². The molecule has 3 nitrogen and oxygen atoms in total. The summed E-state index contributed by atoms with van der Waals surface area (Å²) in [6.45, 7) is 0. The summed E-state index contributed by atoms with van der Waals surface area (Å²) in [7, 11) is 0. The second-order valence-electron chi connectivity index (χ2n) is 7.11. The molecular formula is C23H14F6N2OS. The smallest absolute Gasteiger partial charge is 0.339 e. The minimum Gasteiger partial charge on any atom is -0.339 e. The van der Waals surface area contributed by atoms with E-state index < -0.39 is 41.1 Å². The number of nitrogens with one attached hydrogen (secondary N) is 1. The monoisotopic (exact) mass is 480 g/mol. The van der Waals surface area contributed by atoms with E-state index in [1.807, 2.05) is 0 Å². The molecule has 0 spiro atoms. The number of hydrogen-bond acceptors (Lipinski definition) is 3. The highest BCUT2D eigenvalue weighted by Crippen LogP contribution is 2.37. The van der Waals surface area contributed by atoms with Gasteiger partial charge in [-0.25, -0.2) is 0 Å². The van der Waals surface area contributed by atoms with E-state index in [1.54, 1.807) is 30.3 Å². The van der Waals surface area contributed by atoms with Crippen LogP contribution in [0.25, 0.3) is 10.1 Å². The Hall–Kier alpha value is -3.40. The number of benzene rings is 2. The third kappa shape index (κ3) is 4.85. The summed E-state index contributed by atoms with van der Waals surface area (Å²) < 4.78 is 80.6. The van der Waals surface area contributed by atoms with Gasteiger partial charge in [-0.05, 0) is 47.3 Å². The number of amides is 1. The summed E-state index contributed by atoms with van der Waals surface area (Å²) in [6.07, 6.45) is -8.26. The van der Waals surface area contributed by atoms with Crippen LogP contribution in [0.3, 0.4) is 0 Å². The SMILES string of the molecule is O=C(N[C@@H](c1ccc(C(F)(F)F)cc1)c1ncccc1C(F)(F)F)c1cc2ccccc2s1.